The van der Waals surface area contributed by atoms with Crippen molar-refractivity contribution >= 4 is 22.9 Å². The quantitative estimate of drug-likeness (QED) is 0.540. The summed E-state index contributed by atoms with van der Waals surface area (Å²) >= 11 is 0. The molecule has 5 N–H and O–H groups in total. The number of nitrogens with zero attached hydrogens (tertiary/aromatic N) is 2. The largest absolute Gasteiger partial charge is 0.368 e. The van der Waals surface area contributed by atoms with Gasteiger partial charge in [0, 0.05) is 24.3 Å². The third kappa shape index (κ3) is 3.15. The lowest BCUT2D eigenvalue weighted by molar-refractivity contribution is 0.249. The van der Waals surface area contributed by atoms with Crippen LogP contribution in [-0.2, 0) is 0 Å². The Morgan fingerprint density at radius 3 is 2.62 bits per heavy atom. The van der Waals surface area contributed by atoms with Crippen LogP contribution >= 0.6 is 0 Å². The molecule has 7 heteroatoms. The molecule has 0 aliphatic heterocycles. The van der Waals surface area contributed by atoms with Crippen LogP contribution in [-0.4, -0.2) is 34.1 Å². The monoisotopic (exact) mass is 324 g/mol. The van der Waals surface area contributed by atoms with Gasteiger partial charge in [-0.15, -0.1) is 0 Å². The number of aromatic nitrogens is 3. The summed E-state index contributed by atoms with van der Waals surface area (Å²) in [7, 11) is 0. The zero-order valence-electron chi connectivity index (χ0n) is 13.7. The molecule has 3 aromatic rings. The Morgan fingerprint density at radius 1 is 1.17 bits per heavy atom. The van der Waals surface area contributed by atoms with Gasteiger partial charge in [0.2, 0.25) is 0 Å². The van der Waals surface area contributed by atoms with Crippen molar-refractivity contribution in [3.8, 4) is 11.4 Å². The molecule has 0 fully saturated rings. The van der Waals surface area contributed by atoms with Gasteiger partial charge in [-0.3, -0.25) is 0 Å². The third-order valence-electron chi connectivity index (χ3n) is 3.90. The van der Waals surface area contributed by atoms with Gasteiger partial charge in [0.15, 0.2) is 5.82 Å². The average molecular weight is 324 g/mol. The number of fused-ring (bicyclic) bond motifs is 1. The Hall–Kier alpha value is -3.09. The molecule has 3 rings (SSSR count). The minimum absolute atomic E-state index is 0.421. The minimum Gasteiger partial charge on any atom is -0.368 e. The molecule has 124 valence electrons. The van der Waals surface area contributed by atoms with Crippen LogP contribution < -0.4 is 16.4 Å². The van der Waals surface area contributed by atoms with Gasteiger partial charge in [0.25, 0.3) is 0 Å². The summed E-state index contributed by atoms with van der Waals surface area (Å²) in [6.07, 6.45) is 0. The molecule has 0 saturated carbocycles. The summed E-state index contributed by atoms with van der Waals surface area (Å²) in [6.45, 7) is 4.99. The molecule has 1 aromatic carbocycles. The van der Waals surface area contributed by atoms with E-state index < -0.39 is 6.03 Å². The predicted octanol–water partition coefficient (Wildman–Crippen LogP) is 2.32. The zero-order chi connectivity index (χ0) is 17.1. The highest BCUT2D eigenvalue weighted by Crippen LogP contribution is 2.28. The standard InChI is InChI=1S/C17H20N6O/c1-10-11(2)21-16-13(10)15(19-8-9-20-17(18)24)22-14(23-16)12-6-4-3-5-7-12/h3-7H,8-9H2,1-2H3,(H3,18,20,24)(H2,19,21,22,23). The van der Waals surface area contributed by atoms with Gasteiger partial charge in [0.05, 0.1) is 5.39 Å². The van der Waals surface area contributed by atoms with Crippen molar-refractivity contribution in [3.63, 3.8) is 0 Å². The van der Waals surface area contributed by atoms with Crippen molar-refractivity contribution in [3.05, 3.63) is 41.6 Å². The van der Waals surface area contributed by atoms with Gasteiger partial charge in [-0.25, -0.2) is 14.8 Å². The number of benzene rings is 1. The lowest BCUT2D eigenvalue weighted by Crippen LogP contribution is -2.33. The number of H-pyrrole nitrogens is 1. The van der Waals surface area contributed by atoms with Crippen LogP contribution in [0.5, 0.6) is 0 Å². The molecule has 2 heterocycles. The van der Waals surface area contributed by atoms with E-state index in [4.69, 9.17) is 5.73 Å². The van der Waals surface area contributed by atoms with Gasteiger partial charge in [-0.2, -0.15) is 0 Å². The van der Waals surface area contributed by atoms with E-state index in [1.807, 2.05) is 44.2 Å². The number of rotatable bonds is 5. The summed E-state index contributed by atoms with van der Waals surface area (Å²) in [5.74, 6) is 1.39. The first-order valence-corrected chi connectivity index (χ1v) is 7.76. The highest BCUT2D eigenvalue weighted by Gasteiger charge is 2.14. The molecular weight excluding hydrogens is 304 g/mol. The molecular formula is C17H20N6O. The Kier molecular flexibility index (Phi) is 4.33. The molecule has 0 radical (unpaired) electrons. The number of aryl methyl sites for hydroxylation is 2. The number of nitrogens with one attached hydrogen (secondary N) is 3. The van der Waals surface area contributed by atoms with Crippen LogP contribution in [0.25, 0.3) is 22.4 Å². The van der Waals surface area contributed by atoms with Crippen molar-refractivity contribution in [1.29, 1.82) is 0 Å². The first kappa shape index (κ1) is 15.8. The van der Waals surface area contributed by atoms with Crippen LogP contribution in [0.3, 0.4) is 0 Å². The summed E-state index contributed by atoms with van der Waals surface area (Å²) < 4.78 is 0. The smallest absolute Gasteiger partial charge is 0.312 e. The van der Waals surface area contributed by atoms with E-state index in [1.165, 1.54) is 0 Å². The lowest BCUT2D eigenvalue weighted by Gasteiger charge is -2.10. The number of hydrogen-bond acceptors (Lipinski definition) is 4. The summed E-state index contributed by atoms with van der Waals surface area (Å²) in [6, 6.07) is 9.28. The highest BCUT2D eigenvalue weighted by molar-refractivity contribution is 5.92. The highest BCUT2D eigenvalue weighted by atomic mass is 16.2. The first-order chi connectivity index (χ1) is 11.6. The van der Waals surface area contributed by atoms with Crippen LogP contribution in [0, 0.1) is 13.8 Å². The Morgan fingerprint density at radius 2 is 1.92 bits per heavy atom. The van der Waals surface area contributed by atoms with Gasteiger partial charge >= 0.3 is 6.03 Å². The summed E-state index contributed by atoms with van der Waals surface area (Å²) in [5.41, 5.74) is 8.99. The van der Waals surface area contributed by atoms with Crippen molar-refractivity contribution in [2.45, 2.75) is 13.8 Å². The van der Waals surface area contributed by atoms with Crippen molar-refractivity contribution in [1.82, 2.24) is 20.3 Å². The molecule has 0 bridgehead atoms. The van der Waals surface area contributed by atoms with Crippen LogP contribution in [0.4, 0.5) is 10.6 Å². The van der Waals surface area contributed by atoms with Gasteiger partial charge in [-0.05, 0) is 19.4 Å². The maximum Gasteiger partial charge on any atom is 0.312 e. The zero-order valence-corrected chi connectivity index (χ0v) is 13.7. The number of amides is 2. The van der Waals surface area contributed by atoms with Crippen molar-refractivity contribution < 1.29 is 4.79 Å². The molecule has 0 aliphatic carbocycles. The fraction of sp³-hybridized carbons (Fsp3) is 0.235. The van der Waals surface area contributed by atoms with E-state index in [1.54, 1.807) is 0 Å². The Balaban J connectivity index is 1.99. The summed E-state index contributed by atoms with van der Waals surface area (Å²) in [4.78, 5) is 23.4. The van der Waals surface area contributed by atoms with Crippen LogP contribution in [0.2, 0.25) is 0 Å². The van der Waals surface area contributed by atoms with E-state index in [2.05, 4.69) is 25.6 Å². The van der Waals surface area contributed by atoms with Crippen molar-refractivity contribution in [2.75, 3.05) is 18.4 Å². The second-order valence-electron chi connectivity index (χ2n) is 5.58. The maximum atomic E-state index is 10.8. The Bertz CT molecular complexity index is 872. The SMILES string of the molecule is Cc1[nH]c2nc(-c3ccccc3)nc(NCCNC(N)=O)c2c1C. The average Bonchev–Trinajstić information content (AvgIpc) is 2.86. The topological polar surface area (TPSA) is 109 Å². The second-order valence-corrected chi connectivity index (χ2v) is 5.58. The number of carbonyl (C=O) groups excluding carboxylic acids is 1. The predicted molar refractivity (Wildman–Crippen MR) is 94.9 cm³/mol. The number of anilines is 1. The summed E-state index contributed by atoms with van der Waals surface area (Å²) in [5, 5.41) is 6.79. The van der Waals surface area contributed by atoms with Gasteiger partial charge < -0.3 is 21.4 Å². The minimum atomic E-state index is -0.539. The maximum absolute atomic E-state index is 10.8. The third-order valence-corrected chi connectivity index (χ3v) is 3.90. The van der Waals surface area contributed by atoms with E-state index >= 15 is 0 Å². The van der Waals surface area contributed by atoms with Gasteiger partial charge in [-0.1, -0.05) is 30.3 Å². The van der Waals surface area contributed by atoms with E-state index in [0.717, 1.165) is 33.7 Å². The Labute approximate surface area is 139 Å². The second kappa shape index (κ2) is 6.57. The van der Waals surface area contributed by atoms with E-state index in [0.29, 0.717) is 18.9 Å². The van der Waals surface area contributed by atoms with Crippen molar-refractivity contribution in [2.24, 2.45) is 5.73 Å². The fourth-order valence-electron chi connectivity index (χ4n) is 2.58. The lowest BCUT2D eigenvalue weighted by atomic mass is 10.2. The van der Waals surface area contributed by atoms with E-state index in [-0.39, 0.29) is 0 Å². The number of urea groups is 1. The fourth-order valence-corrected chi connectivity index (χ4v) is 2.58. The molecule has 2 amide bonds. The number of hydrogen-bond donors (Lipinski definition) is 4. The molecule has 0 atom stereocenters. The molecule has 2 aromatic heterocycles. The number of carbonyl (C=O) groups is 1. The molecule has 0 unspecified atom stereocenters. The molecule has 0 saturated heterocycles. The molecule has 0 aliphatic rings. The van der Waals surface area contributed by atoms with Gasteiger partial charge in [0.1, 0.15) is 11.5 Å². The van der Waals surface area contributed by atoms with Crippen LogP contribution in [0.1, 0.15) is 11.3 Å². The van der Waals surface area contributed by atoms with E-state index in [9.17, 15) is 4.79 Å². The number of aromatic amines is 1. The van der Waals surface area contributed by atoms with Crippen LogP contribution in [0.15, 0.2) is 30.3 Å². The number of primary amides is 1. The molecule has 24 heavy (non-hydrogen) atoms. The molecule has 7 nitrogen and oxygen atoms in total. The molecule has 0 spiro atoms. The first-order valence-electron chi connectivity index (χ1n) is 7.76. The normalized spacial score (nSPS) is 10.8. The number of nitrogens with two attached hydrogens (primary N) is 1.